The first-order valence-electron chi connectivity index (χ1n) is 5.55. The number of hydrogen-bond acceptors (Lipinski definition) is 4. The van der Waals surface area contributed by atoms with Crippen molar-refractivity contribution >= 4 is 28.1 Å². The number of halogens is 1. The smallest absolute Gasteiger partial charge is 0.208 e. The molecule has 17 heavy (non-hydrogen) atoms. The number of rotatable bonds is 1. The zero-order valence-corrected chi connectivity index (χ0v) is 11.1. The Labute approximate surface area is 109 Å². The first-order valence-corrected chi connectivity index (χ1v) is 6.74. The van der Waals surface area contributed by atoms with Crippen LogP contribution < -0.4 is 4.90 Å². The van der Waals surface area contributed by atoms with Crippen LogP contribution in [0.5, 0.6) is 0 Å². The van der Waals surface area contributed by atoms with E-state index < -0.39 is 0 Å². The molecular weight excluding hydrogens is 254 g/mol. The lowest BCUT2D eigenvalue weighted by molar-refractivity contribution is 0.723. The topological polar surface area (TPSA) is 29.0 Å². The molecule has 0 saturated heterocycles. The van der Waals surface area contributed by atoms with Gasteiger partial charge in [0.15, 0.2) is 0 Å². The molecule has 0 amide bonds. The van der Waals surface area contributed by atoms with Gasteiger partial charge in [-0.05, 0) is 36.6 Å². The predicted molar refractivity (Wildman–Crippen MR) is 70.9 cm³/mol. The highest BCUT2D eigenvalue weighted by Crippen LogP contribution is 2.28. The van der Waals surface area contributed by atoms with Crippen molar-refractivity contribution in [3.63, 3.8) is 0 Å². The fourth-order valence-electron chi connectivity index (χ4n) is 2.10. The van der Waals surface area contributed by atoms with Gasteiger partial charge in [-0.25, -0.2) is 0 Å². The summed E-state index contributed by atoms with van der Waals surface area (Å²) in [5.41, 5.74) is 2.70. The van der Waals surface area contributed by atoms with Crippen molar-refractivity contribution in [1.82, 2.24) is 10.2 Å². The van der Waals surface area contributed by atoms with Crippen molar-refractivity contribution in [2.75, 3.05) is 11.4 Å². The minimum absolute atomic E-state index is 0.823. The van der Waals surface area contributed by atoms with Gasteiger partial charge in [0.1, 0.15) is 5.01 Å². The Balaban J connectivity index is 1.88. The molecule has 3 nitrogen and oxygen atoms in total. The van der Waals surface area contributed by atoms with Gasteiger partial charge in [-0.2, -0.15) is 0 Å². The van der Waals surface area contributed by atoms with Crippen LogP contribution >= 0.6 is 22.9 Å². The minimum Gasteiger partial charge on any atom is -0.342 e. The number of aryl methyl sites for hydroxylation is 1. The van der Waals surface area contributed by atoms with Gasteiger partial charge in [-0.1, -0.05) is 29.0 Å². The molecule has 1 aliphatic heterocycles. The monoisotopic (exact) mass is 265 g/mol. The Kier molecular flexibility index (Phi) is 2.76. The number of aromatic nitrogens is 2. The summed E-state index contributed by atoms with van der Waals surface area (Å²) in [5.74, 6) is 0. The second-order valence-electron chi connectivity index (χ2n) is 4.19. The van der Waals surface area contributed by atoms with Crippen molar-refractivity contribution < 1.29 is 0 Å². The standard InChI is InChI=1S/C12H12ClN3S/c1-8-14-15-12(17-8)16-5-4-9-6-11(13)3-2-10(9)7-16/h2-3,6H,4-5,7H2,1H3. The van der Waals surface area contributed by atoms with Gasteiger partial charge >= 0.3 is 0 Å². The van der Waals surface area contributed by atoms with E-state index in [9.17, 15) is 0 Å². The summed E-state index contributed by atoms with van der Waals surface area (Å²) in [6, 6.07) is 6.13. The summed E-state index contributed by atoms with van der Waals surface area (Å²) in [5, 5.41) is 11.1. The second kappa shape index (κ2) is 4.27. The molecular formula is C12H12ClN3S. The van der Waals surface area contributed by atoms with E-state index in [4.69, 9.17) is 11.6 Å². The van der Waals surface area contributed by atoms with Gasteiger partial charge in [0.05, 0.1) is 0 Å². The number of nitrogens with zero attached hydrogens (tertiary/aromatic N) is 3. The molecule has 2 aromatic rings. The molecule has 1 aromatic heterocycles. The fourth-order valence-corrected chi connectivity index (χ4v) is 3.01. The number of benzene rings is 1. The normalized spacial score (nSPS) is 14.8. The first-order chi connectivity index (χ1) is 8.22. The van der Waals surface area contributed by atoms with Crippen molar-refractivity contribution in [3.8, 4) is 0 Å². The summed E-state index contributed by atoms with van der Waals surface area (Å²) >= 11 is 7.65. The largest absolute Gasteiger partial charge is 0.342 e. The van der Waals surface area contributed by atoms with Crippen LogP contribution in [0, 0.1) is 6.92 Å². The molecule has 1 aromatic carbocycles. The quantitative estimate of drug-likeness (QED) is 0.794. The van der Waals surface area contributed by atoms with E-state index in [0.29, 0.717) is 0 Å². The number of anilines is 1. The van der Waals surface area contributed by atoms with Crippen molar-refractivity contribution in [2.24, 2.45) is 0 Å². The molecule has 0 saturated carbocycles. The van der Waals surface area contributed by atoms with Crippen LogP contribution in [0.3, 0.4) is 0 Å². The lowest BCUT2D eigenvalue weighted by atomic mass is 10.0. The Morgan fingerprint density at radius 3 is 2.94 bits per heavy atom. The molecule has 0 unspecified atom stereocenters. The number of fused-ring (bicyclic) bond motifs is 1. The summed E-state index contributed by atoms with van der Waals surface area (Å²) in [6.07, 6.45) is 1.02. The molecule has 0 bridgehead atoms. The fraction of sp³-hybridized carbons (Fsp3) is 0.333. The van der Waals surface area contributed by atoms with Crippen molar-refractivity contribution in [2.45, 2.75) is 19.9 Å². The van der Waals surface area contributed by atoms with E-state index in [1.807, 2.05) is 13.0 Å². The number of hydrogen-bond donors (Lipinski definition) is 0. The van der Waals surface area contributed by atoms with Crippen LogP contribution in [0.4, 0.5) is 5.13 Å². The van der Waals surface area contributed by atoms with E-state index >= 15 is 0 Å². The van der Waals surface area contributed by atoms with Gasteiger partial charge < -0.3 is 4.90 Å². The Bertz CT molecular complexity index is 552. The molecule has 0 radical (unpaired) electrons. The van der Waals surface area contributed by atoms with Crippen molar-refractivity contribution in [1.29, 1.82) is 0 Å². The van der Waals surface area contributed by atoms with Crippen LogP contribution in [0.2, 0.25) is 5.02 Å². The van der Waals surface area contributed by atoms with E-state index in [-0.39, 0.29) is 0 Å². The van der Waals surface area contributed by atoms with Crippen LogP contribution in [-0.2, 0) is 13.0 Å². The third-order valence-corrected chi connectivity index (χ3v) is 4.10. The third kappa shape index (κ3) is 2.15. The third-order valence-electron chi connectivity index (χ3n) is 2.97. The van der Waals surface area contributed by atoms with Crippen LogP contribution in [0.25, 0.3) is 0 Å². The Hall–Kier alpha value is -1.13. The molecule has 88 valence electrons. The molecule has 0 spiro atoms. The second-order valence-corrected chi connectivity index (χ2v) is 5.78. The summed E-state index contributed by atoms with van der Waals surface area (Å²) in [7, 11) is 0. The van der Waals surface area contributed by atoms with Crippen LogP contribution in [0.15, 0.2) is 18.2 Å². The van der Waals surface area contributed by atoms with Gasteiger partial charge in [0.25, 0.3) is 0 Å². The molecule has 0 fully saturated rings. The van der Waals surface area contributed by atoms with Gasteiger partial charge in [0, 0.05) is 18.1 Å². The van der Waals surface area contributed by atoms with E-state index in [0.717, 1.165) is 34.7 Å². The highest BCUT2D eigenvalue weighted by Gasteiger charge is 2.19. The highest BCUT2D eigenvalue weighted by molar-refractivity contribution is 7.15. The Morgan fingerprint density at radius 1 is 1.29 bits per heavy atom. The zero-order chi connectivity index (χ0) is 11.8. The predicted octanol–water partition coefficient (Wildman–Crippen LogP) is 3.06. The molecule has 0 N–H and O–H groups in total. The van der Waals surface area contributed by atoms with Gasteiger partial charge in [-0.3, -0.25) is 0 Å². The molecule has 2 heterocycles. The Morgan fingerprint density at radius 2 is 2.18 bits per heavy atom. The van der Waals surface area contributed by atoms with Crippen LogP contribution in [0.1, 0.15) is 16.1 Å². The summed E-state index contributed by atoms with van der Waals surface area (Å²) in [4.78, 5) is 2.28. The molecule has 1 aliphatic rings. The maximum atomic E-state index is 6.00. The highest BCUT2D eigenvalue weighted by atomic mass is 35.5. The van der Waals surface area contributed by atoms with E-state index in [2.05, 4.69) is 27.2 Å². The van der Waals surface area contributed by atoms with Gasteiger partial charge in [0.2, 0.25) is 5.13 Å². The first kappa shape index (κ1) is 11.0. The van der Waals surface area contributed by atoms with Gasteiger partial charge in [-0.15, -0.1) is 10.2 Å². The maximum Gasteiger partial charge on any atom is 0.208 e. The van der Waals surface area contributed by atoms with Crippen molar-refractivity contribution in [3.05, 3.63) is 39.4 Å². The van der Waals surface area contributed by atoms with E-state index in [1.54, 1.807) is 11.3 Å². The maximum absolute atomic E-state index is 6.00. The van der Waals surface area contributed by atoms with E-state index in [1.165, 1.54) is 11.1 Å². The SMILES string of the molecule is Cc1nnc(N2CCc3cc(Cl)ccc3C2)s1. The molecule has 5 heteroatoms. The minimum atomic E-state index is 0.823. The van der Waals surface area contributed by atoms with Crippen LogP contribution in [-0.4, -0.2) is 16.7 Å². The molecule has 0 aliphatic carbocycles. The zero-order valence-electron chi connectivity index (χ0n) is 9.48. The average molecular weight is 266 g/mol. The lowest BCUT2D eigenvalue weighted by Gasteiger charge is -2.28. The lowest BCUT2D eigenvalue weighted by Crippen LogP contribution is -2.30. The average Bonchev–Trinajstić information content (AvgIpc) is 2.75. The summed E-state index contributed by atoms with van der Waals surface area (Å²) < 4.78 is 0. The molecule has 0 atom stereocenters. The molecule has 3 rings (SSSR count). The summed E-state index contributed by atoms with van der Waals surface area (Å²) in [6.45, 7) is 3.88.